The molecule has 2 aromatic rings. The number of ether oxygens (including phenoxy) is 2. The van der Waals surface area contributed by atoms with Crippen LogP contribution in [0.4, 0.5) is 8.78 Å². The van der Waals surface area contributed by atoms with Crippen molar-refractivity contribution in [1.29, 1.82) is 0 Å². The predicted octanol–water partition coefficient (Wildman–Crippen LogP) is 4.10. The zero-order valence-corrected chi connectivity index (χ0v) is 12.8. The minimum absolute atomic E-state index is 0.0171. The minimum atomic E-state index is -1.74. The van der Waals surface area contributed by atoms with E-state index in [2.05, 4.69) is 15.9 Å². The average molecular weight is 357 g/mol. The Hall–Kier alpha value is -1.66. The summed E-state index contributed by atoms with van der Waals surface area (Å²) in [5.41, 5.74) is -1.67. The first-order valence-electron chi connectivity index (χ1n) is 6.13. The second kappa shape index (κ2) is 4.68. The minimum Gasteiger partial charge on any atom is -0.494 e. The van der Waals surface area contributed by atoms with Gasteiger partial charge in [-0.1, -0.05) is 15.9 Å². The summed E-state index contributed by atoms with van der Waals surface area (Å²) in [5, 5.41) is 10.8. The van der Waals surface area contributed by atoms with Crippen molar-refractivity contribution in [1.82, 2.24) is 0 Å². The number of hydrogen-bond donors (Lipinski definition) is 1. The quantitative estimate of drug-likeness (QED) is 0.835. The number of fused-ring (bicyclic) bond motifs is 2. The summed E-state index contributed by atoms with van der Waals surface area (Å²) in [6.45, 7) is 1.39. The Morgan fingerprint density at radius 1 is 1.29 bits per heavy atom. The van der Waals surface area contributed by atoms with E-state index >= 15 is 0 Å². The van der Waals surface area contributed by atoms with Crippen LogP contribution in [-0.2, 0) is 5.60 Å². The fourth-order valence-electron chi connectivity index (χ4n) is 2.51. The van der Waals surface area contributed by atoms with Crippen LogP contribution in [0.2, 0.25) is 0 Å². The van der Waals surface area contributed by atoms with Gasteiger partial charge in [-0.25, -0.2) is 8.78 Å². The van der Waals surface area contributed by atoms with E-state index in [1.165, 1.54) is 38.3 Å². The van der Waals surface area contributed by atoms with Crippen molar-refractivity contribution in [3.05, 3.63) is 51.5 Å². The lowest BCUT2D eigenvalue weighted by atomic mass is 9.84. The zero-order valence-electron chi connectivity index (χ0n) is 11.2. The second-order valence-electron chi connectivity index (χ2n) is 4.89. The van der Waals surface area contributed by atoms with E-state index in [-0.39, 0.29) is 28.4 Å². The van der Waals surface area contributed by atoms with Gasteiger partial charge in [0.2, 0.25) is 0 Å². The Balaban J connectivity index is 2.32. The fourth-order valence-corrected chi connectivity index (χ4v) is 2.94. The van der Waals surface area contributed by atoms with Crippen LogP contribution in [0.15, 0.2) is 28.7 Å². The van der Waals surface area contributed by atoms with Crippen LogP contribution in [0.1, 0.15) is 18.1 Å². The number of benzene rings is 2. The molecule has 3 rings (SSSR count). The molecule has 0 saturated carbocycles. The summed E-state index contributed by atoms with van der Waals surface area (Å²) in [6, 6.07) is 5.53. The first-order valence-corrected chi connectivity index (χ1v) is 6.92. The standard InChI is InChI=1S/C15H11BrF2O3/c1-15(19)8-5-7(16)6-9(17)14(8)21-10-3-4-11(20-2)13(18)12(10)15/h3-6,19H,1-2H3/t15-/m1/s1. The molecule has 1 aliphatic rings. The lowest BCUT2D eigenvalue weighted by molar-refractivity contribution is 0.0836. The molecule has 6 heteroatoms. The largest absolute Gasteiger partial charge is 0.494 e. The van der Waals surface area contributed by atoms with Crippen molar-refractivity contribution in [2.24, 2.45) is 0 Å². The van der Waals surface area contributed by atoms with E-state index in [0.717, 1.165) is 0 Å². The summed E-state index contributed by atoms with van der Waals surface area (Å²) in [4.78, 5) is 0. The molecule has 1 N–H and O–H groups in total. The maximum Gasteiger partial charge on any atom is 0.175 e. The van der Waals surface area contributed by atoms with Crippen LogP contribution in [0.25, 0.3) is 0 Å². The van der Waals surface area contributed by atoms with Gasteiger partial charge in [-0.2, -0.15) is 0 Å². The van der Waals surface area contributed by atoms with Gasteiger partial charge in [-0.05, 0) is 31.2 Å². The Kier molecular flexibility index (Phi) is 3.18. The number of aliphatic hydroxyl groups is 1. The van der Waals surface area contributed by atoms with E-state index in [1.54, 1.807) is 0 Å². The Morgan fingerprint density at radius 2 is 2.00 bits per heavy atom. The van der Waals surface area contributed by atoms with Crippen LogP contribution in [0, 0.1) is 11.6 Å². The lowest BCUT2D eigenvalue weighted by Crippen LogP contribution is -2.29. The van der Waals surface area contributed by atoms with Gasteiger partial charge in [-0.3, -0.25) is 0 Å². The van der Waals surface area contributed by atoms with Crippen LogP contribution in [0.3, 0.4) is 0 Å². The molecule has 2 aromatic carbocycles. The molecule has 1 atom stereocenters. The van der Waals surface area contributed by atoms with Crippen LogP contribution >= 0.6 is 15.9 Å². The molecule has 1 aliphatic heterocycles. The van der Waals surface area contributed by atoms with Gasteiger partial charge in [0.25, 0.3) is 0 Å². The molecule has 0 bridgehead atoms. The molecule has 21 heavy (non-hydrogen) atoms. The van der Waals surface area contributed by atoms with E-state index in [4.69, 9.17) is 9.47 Å². The van der Waals surface area contributed by atoms with E-state index in [0.29, 0.717) is 4.47 Å². The van der Waals surface area contributed by atoms with E-state index in [9.17, 15) is 13.9 Å². The third-order valence-electron chi connectivity index (χ3n) is 3.52. The zero-order chi connectivity index (χ0) is 15.4. The third kappa shape index (κ3) is 2.01. The van der Waals surface area contributed by atoms with Gasteiger partial charge in [0.1, 0.15) is 11.4 Å². The molecule has 110 valence electrons. The highest BCUT2D eigenvalue weighted by Gasteiger charge is 2.41. The van der Waals surface area contributed by atoms with Gasteiger partial charge < -0.3 is 14.6 Å². The fraction of sp³-hybridized carbons (Fsp3) is 0.200. The topological polar surface area (TPSA) is 38.7 Å². The van der Waals surface area contributed by atoms with Gasteiger partial charge in [-0.15, -0.1) is 0 Å². The van der Waals surface area contributed by atoms with Crippen LogP contribution in [-0.4, -0.2) is 12.2 Å². The maximum atomic E-state index is 14.5. The number of methoxy groups -OCH3 is 1. The summed E-state index contributed by atoms with van der Waals surface area (Å²) >= 11 is 3.15. The average Bonchev–Trinajstić information content (AvgIpc) is 2.40. The Labute approximate surface area is 128 Å². The van der Waals surface area contributed by atoms with Gasteiger partial charge in [0, 0.05) is 10.0 Å². The molecule has 0 radical (unpaired) electrons. The first kappa shape index (κ1) is 14.3. The maximum absolute atomic E-state index is 14.5. The van der Waals surface area contributed by atoms with Gasteiger partial charge in [0.15, 0.2) is 23.1 Å². The molecule has 3 nitrogen and oxygen atoms in total. The highest BCUT2D eigenvalue weighted by atomic mass is 79.9. The highest BCUT2D eigenvalue weighted by molar-refractivity contribution is 9.10. The van der Waals surface area contributed by atoms with Crippen molar-refractivity contribution in [3.63, 3.8) is 0 Å². The molecule has 0 aromatic heterocycles. The molecule has 0 saturated heterocycles. The first-order chi connectivity index (χ1) is 9.86. The van der Waals surface area contributed by atoms with E-state index < -0.39 is 17.2 Å². The Bertz CT molecular complexity index is 744. The summed E-state index contributed by atoms with van der Waals surface area (Å²) < 4.78 is 39.3. The van der Waals surface area contributed by atoms with Gasteiger partial charge >= 0.3 is 0 Å². The molecule has 1 heterocycles. The molecule has 0 spiro atoms. The number of rotatable bonds is 1. The second-order valence-corrected chi connectivity index (χ2v) is 5.81. The SMILES string of the molecule is COc1ccc2c(c1F)[C@](C)(O)c1cc(Br)cc(F)c1O2. The molecule has 0 fully saturated rings. The summed E-state index contributed by atoms with van der Waals surface area (Å²) in [5.74, 6) is -1.43. The van der Waals surface area contributed by atoms with Crippen molar-refractivity contribution < 1.29 is 23.4 Å². The van der Waals surface area contributed by atoms with Crippen molar-refractivity contribution in [2.45, 2.75) is 12.5 Å². The molecule has 0 unspecified atom stereocenters. The van der Waals surface area contributed by atoms with Crippen molar-refractivity contribution >= 4 is 15.9 Å². The molecule has 0 aliphatic carbocycles. The monoisotopic (exact) mass is 356 g/mol. The number of halogens is 3. The summed E-state index contributed by atoms with van der Waals surface area (Å²) in [6.07, 6.45) is 0. The van der Waals surface area contributed by atoms with E-state index in [1.807, 2.05) is 0 Å². The smallest absolute Gasteiger partial charge is 0.175 e. The van der Waals surface area contributed by atoms with Crippen molar-refractivity contribution in [2.75, 3.05) is 7.11 Å². The lowest BCUT2D eigenvalue weighted by Gasteiger charge is -2.33. The summed E-state index contributed by atoms with van der Waals surface area (Å²) in [7, 11) is 1.33. The van der Waals surface area contributed by atoms with Crippen LogP contribution in [0.5, 0.6) is 17.2 Å². The molecular formula is C15H11BrF2O3. The highest BCUT2D eigenvalue weighted by Crippen LogP contribution is 2.50. The predicted molar refractivity (Wildman–Crippen MR) is 75.8 cm³/mol. The Morgan fingerprint density at radius 3 is 2.67 bits per heavy atom. The molecule has 0 amide bonds. The van der Waals surface area contributed by atoms with Gasteiger partial charge in [0.05, 0.1) is 12.7 Å². The third-order valence-corrected chi connectivity index (χ3v) is 3.98. The molecular weight excluding hydrogens is 346 g/mol. The number of hydrogen-bond acceptors (Lipinski definition) is 3. The van der Waals surface area contributed by atoms with Crippen LogP contribution < -0.4 is 9.47 Å². The normalized spacial score (nSPS) is 19.5. The van der Waals surface area contributed by atoms with Crippen molar-refractivity contribution in [3.8, 4) is 17.2 Å².